The molecule has 1 atom stereocenters. The molecule has 0 aromatic heterocycles. The van der Waals surface area contributed by atoms with Crippen molar-refractivity contribution in [3.05, 3.63) is 0 Å². The van der Waals surface area contributed by atoms with Crippen LogP contribution in [0.3, 0.4) is 0 Å². The van der Waals surface area contributed by atoms with Gasteiger partial charge in [0, 0.05) is 33.7 Å². The summed E-state index contributed by atoms with van der Waals surface area (Å²) in [6.07, 6.45) is 3.89. The summed E-state index contributed by atoms with van der Waals surface area (Å²) >= 11 is 0. The summed E-state index contributed by atoms with van der Waals surface area (Å²) in [4.78, 5) is 53.4. The first-order chi connectivity index (χ1) is 16.9. The molecule has 0 aromatic carbocycles. The summed E-state index contributed by atoms with van der Waals surface area (Å²) in [6.45, 7) is 3.66. The molecule has 1 heterocycles. The molecule has 1 saturated carbocycles. The monoisotopic (exact) mass is 494 g/mol. The van der Waals surface area contributed by atoms with Gasteiger partial charge in [0.25, 0.3) is 11.7 Å². The number of hydrogen-bond acceptors (Lipinski definition) is 7. The Hall–Kier alpha value is -2.68. The first kappa shape index (κ1) is 28.6. The molecule has 0 bridgehead atoms. The number of methoxy groups -OCH3 is 2. The van der Waals surface area contributed by atoms with Crippen LogP contribution in [0.1, 0.15) is 51.9 Å². The lowest BCUT2D eigenvalue weighted by Gasteiger charge is -2.39. The zero-order valence-electron chi connectivity index (χ0n) is 20.9. The standard InChI is InChI=1S/C24H38N4O7/c1-4-5-7-10-18(20(29)21(30)25-17-19(33-2)34-3)26-22(31)24(11-8-6-9-12-24)27-23(32)28-13-15-35-16-14-28/h18-19H,4-6,8-9,11-17H2,1-3H3,(H,25,30)(H,26,31)(H,27,32). The van der Waals surface area contributed by atoms with Gasteiger partial charge in [-0.3, -0.25) is 14.4 Å². The van der Waals surface area contributed by atoms with Crippen molar-refractivity contribution >= 4 is 23.6 Å². The first-order valence-corrected chi connectivity index (χ1v) is 12.2. The van der Waals surface area contributed by atoms with E-state index in [9.17, 15) is 19.2 Å². The fourth-order valence-electron chi connectivity index (χ4n) is 4.01. The van der Waals surface area contributed by atoms with Crippen LogP contribution >= 0.6 is 0 Å². The number of urea groups is 1. The fourth-order valence-corrected chi connectivity index (χ4v) is 4.01. The smallest absolute Gasteiger partial charge is 0.318 e. The molecule has 2 aliphatic rings. The van der Waals surface area contributed by atoms with Gasteiger partial charge >= 0.3 is 6.03 Å². The van der Waals surface area contributed by atoms with Crippen LogP contribution in [0.5, 0.6) is 0 Å². The minimum Gasteiger partial charge on any atom is -0.378 e. The van der Waals surface area contributed by atoms with Crippen LogP contribution in [0, 0.1) is 11.8 Å². The van der Waals surface area contributed by atoms with Crippen molar-refractivity contribution in [3.8, 4) is 11.8 Å². The maximum Gasteiger partial charge on any atom is 0.318 e. The predicted molar refractivity (Wildman–Crippen MR) is 127 cm³/mol. The maximum atomic E-state index is 13.5. The molecule has 11 heteroatoms. The number of carbonyl (C=O) groups is 4. The SMILES string of the molecule is CCCC#CC(NC(=O)C1(NC(=O)N2CCOCC2)CCCCC1)C(=O)C(=O)NCC(OC)OC. The third kappa shape index (κ3) is 8.49. The molecule has 196 valence electrons. The average molecular weight is 495 g/mol. The molecule has 1 aliphatic carbocycles. The lowest BCUT2D eigenvalue weighted by atomic mass is 9.80. The topological polar surface area (TPSA) is 135 Å². The molecule has 11 nitrogen and oxygen atoms in total. The highest BCUT2D eigenvalue weighted by Gasteiger charge is 2.43. The summed E-state index contributed by atoms with van der Waals surface area (Å²) in [5, 5.41) is 8.02. The third-order valence-corrected chi connectivity index (χ3v) is 6.12. The molecule has 35 heavy (non-hydrogen) atoms. The Labute approximate surface area is 207 Å². The number of ether oxygens (including phenoxy) is 3. The van der Waals surface area contributed by atoms with Crippen molar-refractivity contribution in [2.45, 2.75) is 69.7 Å². The van der Waals surface area contributed by atoms with E-state index in [2.05, 4.69) is 27.8 Å². The summed E-state index contributed by atoms with van der Waals surface area (Å²) in [6, 6.07) is -1.68. The number of hydrogen-bond donors (Lipinski definition) is 3. The summed E-state index contributed by atoms with van der Waals surface area (Å²) in [5.41, 5.74) is -1.17. The number of rotatable bonds is 10. The van der Waals surface area contributed by atoms with Gasteiger partial charge in [-0.05, 0) is 19.3 Å². The second kappa shape index (κ2) is 14.7. The Morgan fingerprint density at radius 2 is 1.71 bits per heavy atom. The van der Waals surface area contributed by atoms with Crippen LogP contribution in [-0.4, -0.2) is 93.5 Å². The molecule has 1 unspecified atom stereocenters. The average Bonchev–Trinajstić information content (AvgIpc) is 2.89. The Morgan fingerprint density at radius 3 is 2.31 bits per heavy atom. The lowest BCUT2D eigenvalue weighted by Crippen LogP contribution is -2.64. The normalized spacial score (nSPS) is 18.1. The number of amides is 4. The van der Waals surface area contributed by atoms with E-state index in [0.29, 0.717) is 45.6 Å². The van der Waals surface area contributed by atoms with Crippen molar-refractivity contribution in [3.63, 3.8) is 0 Å². The Kier molecular flexibility index (Phi) is 12.0. The zero-order valence-corrected chi connectivity index (χ0v) is 20.9. The van der Waals surface area contributed by atoms with Crippen LogP contribution in [0.2, 0.25) is 0 Å². The van der Waals surface area contributed by atoms with E-state index in [1.165, 1.54) is 14.2 Å². The fraction of sp³-hybridized carbons (Fsp3) is 0.750. The molecule has 3 N–H and O–H groups in total. The van der Waals surface area contributed by atoms with Crippen molar-refractivity contribution < 1.29 is 33.4 Å². The van der Waals surface area contributed by atoms with Crippen molar-refractivity contribution in [2.75, 3.05) is 47.1 Å². The van der Waals surface area contributed by atoms with Gasteiger partial charge in [-0.15, -0.1) is 5.92 Å². The van der Waals surface area contributed by atoms with Gasteiger partial charge in [-0.2, -0.15) is 0 Å². The van der Waals surface area contributed by atoms with Gasteiger partial charge in [0.15, 0.2) is 12.3 Å². The van der Waals surface area contributed by atoms with Gasteiger partial charge in [-0.25, -0.2) is 4.79 Å². The van der Waals surface area contributed by atoms with Crippen LogP contribution in [-0.2, 0) is 28.6 Å². The van der Waals surface area contributed by atoms with E-state index >= 15 is 0 Å². The summed E-state index contributed by atoms with van der Waals surface area (Å²) < 4.78 is 15.3. The van der Waals surface area contributed by atoms with E-state index in [0.717, 1.165) is 25.7 Å². The number of morpholine rings is 1. The van der Waals surface area contributed by atoms with Crippen molar-refractivity contribution in [2.24, 2.45) is 0 Å². The Morgan fingerprint density at radius 1 is 1.06 bits per heavy atom. The van der Waals surface area contributed by atoms with E-state index in [4.69, 9.17) is 14.2 Å². The Bertz CT molecular complexity index is 791. The molecule has 0 spiro atoms. The maximum absolute atomic E-state index is 13.5. The van der Waals surface area contributed by atoms with Crippen LogP contribution in [0.25, 0.3) is 0 Å². The van der Waals surface area contributed by atoms with Crippen molar-refractivity contribution in [1.29, 1.82) is 0 Å². The highest BCUT2D eigenvalue weighted by atomic mass is 16.7. The minimum absolute atomic E-state index is 0.0415. The Balaban J connectivity index is 2.16. The van der Waals surface area contributed by atoms with Gasteiger partial charge in [-0.1, -0.05) is 32.1 Å². The molecule has 2 rings (SSSR count). The summed E-state index contributed by atoms with van der Waals surface area (Å²) in [5.74, 6) is 3.26. The van der Waals surface area contributed by atoms with Gasteiger partial charge < -0.3 is 35.1 Å². The van der Waals surface area contributed by atoms with E-state index in [1.807, 2.05) is 6.92 Å². The minimum atomic E-state index is -1.34. The molecule has 0 radical (unpaired) electrons. The summed E-state index contributed by atoms with van der Waals surface area (Å²) in [7, 11) is 2.83. The lowest BCUT2D eigenvalue weighted by molar-refractivity contribution is -0.142. The number of Topliss-reactive ketones (excluding diaryl/α,β-unsaturated/α-hetero) is 1. The largest absolute Gasteiger partial charge is 0.378 e. The number of ketones is 1. The molecule has 2 fully saturated rings. The second-order valence-corrected chi connectivity index (χ2v) is 8.63. The number of nitrogens with zero attached hydrogens (tertiary/aromatic N) is 1. The van der Waals surface area contributed by atoms with Crippen LogP contribution in [0.4, 0.5) is 4.79 Å². The number of unbranched alkanes of at least 4 members (excludes halogenated alkanes) is 1. The van der Waals surface area contributed by atoms with Crippen LogP contribution < -0.4 is 16.0 Å². The predicted octanol–water partition coefficient (Wildman–Crippen LogP) is 0.324. The molecule has 1 aliphatic heterocycles. The number of nitrogens with one attached hydrogen (secondary N) is 3. The van der Waals surface area contributed by atoms with E-state index < -0.39 is 35.5 Å². The molecular formula is C24H38N4O7. The van der Waals surface area contributed by atoms with Gasteiger partial charge in [0.2, 0.25) is 5.91 Å². The van der Waals surface area contributed by atoms with Gasteiger partial charge in [0.1, 0.15) is 5.54 Å². The highest BCUT2D eigenvalue weighted by molar-refractivity contribution is 6.39. The number of carbonyl (C=O) groups excluding carboxylic acids is 4. The van der Waals surface area contributed by atoms with E-state index in [1.54, 1.807) is 4.90 Å². The second-order valence-electron chi connectivity index (χ2n) is 8.63. The molecule has 0 aromatic rings. The molecular weight excluding hydrogens is 456 g/mol. The van der Waals surface area contributed by atoms with Crippen LogP contribution in [0.15, 0.2) is 0 Å². The van der Waals surface area contributed by atoms with Gasteiger partial charge in [0.05, 0.1) is 19.8 Å². The molecule has 4 amide bonds. The first-order valence-electron chi connectivity index (χ1n) is 12.2. The third-order valence-electron chi connectivity index (χ3n) is 6.12. The van der Waals surface area contributed by atoms with E-state index in [-0.39, 0.29) is 12.6 Å². The van der Waals surface area contributed by atoms with Crippen molar-refractivity contribution in [1.82, 2.24) is 20.9 Å². The zero-order chi connectivity index (χ0) is 25.7. The quantitative estimate of drug-likeness (QED) is 0.226. The molecule has 1 saturated heterocycles. The highest BCUT2D eigenvalue weighted by Crippen LogP contribution is 2.29.